The molecule has 20 heavy (non-hydrogen) atoms. The maximum Gasteiger partial charge on any atom is 0.252 e. The fraction of sp³-hybridized carbons (Fsp3) is 0.118. The predicted octanol–water partition coefficient (Wildman–Crippen LogP) is 3.21. The van der Waals surface area contributed by atoms with Crippen LogP contribution in [0.1, 0.15) is 16.7 Å². The molecule has 0 heterocycles. The fourth-order valence-corrected chi connectivity index (χ4v) is 1.75. The minimum atomic E-state index is -0.513. The van der Waals surface area contributed by atoms with Crippen LogP contribution in [0, 0.1) is 13.8 Å². The quantitative estimate of drug-likeness (QED) is 0.683. The summed E-state index contributed by atoms with van der Waals surface area (Å²) in [5.74, 6) is 0.155. The maximum absolute atomic E-state index is 11.5. The SMILES string of the molecule is Cc1ccc(OC=C(C(N)=O)c2ccc(C)cc2)cc1. The van der Waals surface area contributed by atoms with E-state index in [1.54, 1.807) is 0 Å². The van der Waals surface area contributed by atoms with E-state index in [4.69, 9.17) is 10.5 Å². The average molecular weight is 267 g/mol. The Morgan fingerprint density at radius 2 is 1.45 bits per heavy atom. The summed E-state index contributed by atoms with van der Waals surface area (Å²) in [5.41, 5.74) is 8.78. The van der Waals surface area contributed by atoms with E-state index in [1.165, 1.54) is 6.26 Å². The highest BCUT2D eigenvalue weighted by molar-refractivity contribution is 6.18. The highest BCUT2D eigenvalue weighted by atomic mass is 16.5. The first-order chi connectivity index (χ1) is 9.56. The van der Waals surface area contributed by atoms with Crippen molar-refractivity contribution in [2.75, 3.05) is 0 Å². The van der Waals surface area contributed by atoms with Crippen molar-refractivity contribution in [2.45, 2.75) is 13.8 Å². The van der Waals surface area contributed by atoms with Gasteiger partial charge in [-0.05, 0) is 31.5 Å². The van der Waals surface area contributed by atoms with Gasteiger partial charge in [0.25, 0.3) is 5.91 Å². The van der Waals surface area contributed by atoms with Gasteiger partial charge in [0.2, 0.25) is 0 Å². The number of benzene rings is 2. The smallest absolute Gasteiger partial charge is 0.252 e. The zero-order valence-electron chi connectivity index (χ0n) is 11.6. The van der Waals surface area contributed by atoms with Crippen molar-refractivity contribution in [1.29, 1.82) is 0 Å². The van der Waals surface area contributed by atoms with Gasteiger partial charge >= 0.3 is 0 Å². The Hall–Kier alpha value is -2.55. The van der Waals surface area contributed by atoms with Crippen LogP contribution in [0.25, 0.3) is 5.57 Å². The monoisotopic (exact) mass is 267 g/mol. The van der Waals surface area contributed by atoms with Crippen molar-refractivity contribution in [2.24, 2.45) is 5.73 Å². The molecule has 0 saturated heterocycles. The molecule has 102 valence electrons. The van der Waals surface area contributed by atoms with E-state index in [-0.39, 0.29) is 0 Å². The van der Waals surface area contributed by atoms with Crippen LogP contribution in [0.3, 0.4) is 0 Å². The second-order valence-corrected chi connectivity index (χ2v) is 4.69. The van der Waals surface area contributed by atoms with Crippen LogP contribution >= 0.6 is 0 Å². The molecular formula is C17H17NO2. The first-order valence-electron chi connectivity index (χ1n) is 6.36. The minimum Gasteiger partial charge on any atom is -0.464 e. The summed E-state index contributed by atoms with van der Waals surface area (Å²) in [6.07, 6.45) is 1.40. The molecule has 0 spiro atoms. The highest BCUT2D eigenvalue weighted by Crippen LogP contribution is 2.17. The summed E-state index contributed by atoms with van der Waals surface area (Å²) < 4.78 is 5.51. The number of primary amides is 1. The van der Waals surface area contributed by atoms with Gasteiger partial charge in [0.1, 0.15) is 12.0 Å². The Kier molecular flexibility index (Phi) is 4.20. The number of hydrogen-bond donors (Lipinski definition) is 1. The van der Waals surface area contributed by atoms with Gasteiger partial charge in [-0.2, -0.15) is 0 Å². The lowest BCUT2D eigenvalue weighted by molar-refractivity contribution is -0.112. The summed E-state index contributed by atoms with van der Waals surface area (Å²) >= 11 is 0. The molecule has 2 N–H and O–H groups in total. The molecule has 2 aromatic carbocycles. The van der Waals surface area contributed by atoms with Gasteiger partial charge in [0.05, 0.1) is 5.57 Å². The number of nitrogens with two attached hydrogens (primary N) is 1. The Morgan fingerprint density at radius 3 is 1.95 bits per heavy atom. The minimum absolute atomic E-state index is 0.352. The molecule has 0 radical (unpaired) electrons. The molecule has 0 aliphatic rings. The molecule has 0 fully saturated rings. The van der Waals surface area contributed by atoms with E-state index in [9.17, 15) is 4.79 Å². The lowest BCUT2D eigenvalue weighted by atomic mass is 10.1. The Bertz CT molecular complexity index is 625. The average Bonchev–Trinajstić information content (AvgIpc) is 2.43. The van der Waals surface area contributed by atoms with Crippen LogP contribution in [0.4, 0.5) is 0 Å². The van der Waals surface area contributed by atoms with Crippen molar-refractivity contribution < 1.29 is 9.53 Å². The van der Waals surface area contributed by atoms with E-state index < -0.39 is 5.91 Å². The van der Waals surface area contributed by atoms with Gasteiger partial charge < -0.3 is 10.5 Å². The number of carbonyl (C=O) groups is 1. The van der Waals surface area contributed by atoms with Gasteiger partial charge in [0, 0.05) is 0 Å². The summed E-state index contributed by atoms with van der Waals surface area (Å²) in [7, 11) is 0. The molecule has 0 aromatic heterocycles. The topological polar surface area (TPSA) is 52.3 Å². The molecule has 0 unspecified atom stereocenters. The van der Waals surface area contributed by atoms with Crippen LogP contribution in [-0.2, 0) is 4.79 Å². The van der Waals surface area contributed by atoms with Crippen molar-refractivity contribution >= 4 is 11.5 Å². The first-order valence-corrected chi connectivity index (χ1v) is 6.36. The molecule has 3 heteroatoms. The third-order valence-electron chi connectivity index (χ3n) is 2.96. The lowest BCUT2D eigenvalue weighted by Crippen LogP contribution is -2.13. The van der Waals surface area contributed by atoms with Crippen molar-refractivity contribution in [3.63, 3.8) is 0 Å². The van der Waals surface area contributed by atoms with Crippen molar-refractivity contribution in [3.05, 3.63) is 71.5 Å². The van der Waals surface area contributed by atoms with Crippen LogP contribution < -0.4 is 10.5 Å². The summed E-state index contributed by atoms with van der Waals surface area (Å²) in [4.78, 5) is 11.5. The van der Waals surface area contributed by atoms with E-state index in [2.05, 4.69) is 0 Å². The summed E-state index contributed by atoms with van der Waals surface area (Å²) in [6.45, 7) is 3.99. The van der Waals surface area contributed by atoms with E-state index in [0.717, 1.165) is 16.7 Å². The molecule has 3 nitrogen and oxygen atoms in total. The number of amides is 1. The van der Waals surface area contributed by atoms with Crippen LogP contribution in [0.15, 0.2) is 54.8 Å². The Labute approximate surface area is 118 Å². The Morgan fingerprint density at radius 1 is 0.950 bits per heavy atom. The van der Waals surface area contributed by atoms with Crippen LogP contribution in [-0.4, -0.2) is 5.91 Å². The van der Waals surface area contributed by atoms with Crippen molar-refractivity contribution in [1.82, 2.24) is 0 Å². The van der Waals surface area contributed by atoms with E-state index >= 15 is 0 Å². The molecule has 0 saturated carbocycles. The maximum atomic E-state index is 11.5. The third kappa shape index (κ3) is 3.48. The van der Waals surface area contributed by atoms with Gasteiger partial charge in [-0.1, -0.05) is 47.5 Å². The van der Waals surface area contributed by atoms with Gasteiger partial charge in [-0.25, -0.2) is 0 Å². The zero-order valence-corrected chi connectivity index (χ0v) is 11.6. The number of rotatable bonds is 4. The molecule has 1 amide bonds. The molecule has 2 rings (SSSR count). The molecule has 0 aliphatic heterocycles. The molecular weight excluding hydrogens is 250 g/mol. The second-order valence-electron chi connectivity index (χ2n) is 4.69. The third-order valence-corrected chi connectivity index (χ3v) is 2.96. The summed E-state index contributed by atoms with van der Waals surface area (Å²) in [5, 5.41) is 0. The highest BCUT2D eigenvalue weighted by Gasteiger charge is 2.08. The lowest BCUT2D eigenvalue weighted by Gasteiger charge is -2.06. The number of hydrogen-bond acceptors (Lipinski definition) is 2. The van der Waals surface area contributed by atoms with Gasteiger partial charge in [0.15, 0.2) is 0 Å². The second kappa shape index (κ2) is 6.06. The zero-order chi connectivity index (χ0) is 14.5. The fourth-order valence-electron chi connectivity index (χ4n) is 1.75. The largest absolute Gasteiger partial charge is 0.464 e. The molecule has 2 aromatic rings. The Balaban J connectivity index is 2.24. The molecule has 0 bridgehead atoms. The molecule has 0 atom stereocenters. The normalized spacial score (nSPS) is 11.2. The standard InChI is InChI=1S/C17H17NO2/c1-12-3-7-14(8-4-12)16(17(18)19)11-20-15-9-5-13(2)6-10-15/h3-11H,1-2H3,(H2,18,19). The van der Waals surface area contributed by atoms with Crippen LogP contribution in [0.2, 0.25) is 0 Å². The van der Waals surface area contributed by atoms with Gasteiger partial charge in [-0.15, -0.1) is 0 Å². The van der Waals surface area contributed by atoms with Crippen LogP contribution in [0.5, 0.6) is 5.75 Å². The number of aryl methyl sites for hydroxylation is 2. The van der Waals surface area contributed by atoms with E-state index in [0.29, 0.717) is 11.3 Å². The first kappa shape index (κ1) is 13.9. The number of ether oxygens (including phenoxy) is 1. The van der Waals surface area contributed by atoms with Gasteiger partial charge in [-0.3, -0.25) is 4.79 Å². The van der Waals surface area contributed by atoms with Crippen molar-refractivity contribution in [3.8, 4) is 5.75 Å². The summed E-state index contributed by atoms with van der Waals surface area (Å²) in [6, 6.07) is 15.1. The number of carbonyl (C=O) groups excluding carboxylic acids is 1. The predicted molar refractivity (Wildman–Crippen MR) is 80.2 cm³/mol. The molecule has 0 aliphatic carbocycles. The van der Waals surface area contributed by atoms with E-state index in [1.807, 2.05) is 62.4 Å².